The molecule has 1 atom stereocenters. The molecule has 2 N–H and O–H groups in total. The maximum atomic E-state index is 13.4. The summed E-state index contributed by atoms with van der Waals surface area (Å²) in [5.74, 6) is 0.148. The molecule has 1 aliphatic rings. The van der Waals surface area contributed by atoms with Crippen molar-refractivity contribution in [3.05, 3.63) is 34.1 Å². The molecule has 2 nitrogen and oxygen atoms in total. The molecular weight excluding hydrogens is 308 g/mol. The van der Waals surface area contributed by atoms with Crippen LogP contribution in [0.3, 0.4) is 0 Å². The maximum Gasteiger partial charge on any atom is 0.137 e. The largest absolute Gasteiger partial charge is 0.381 e. The van der Waals surface area contributed by atoms with Crippen molar-refractivity contribution >= 4 is 28.3 Å². The Morgan fingerprint density at radius 3 is 2.59 bits per heavy atom. The molecule has 0 unspecified atom stereocenters. The number of hydrogen-bond acceptors (Lipinski definition) is 2. The number of rotatable bonds is 2. The van der Waals surface area contributed by atoms with Crippen molar-refractivity contribution in [2.75, 3.05) is 13.2 Å². The molecule has 96 valence electrons. The molecule has 1 fully saturated rings. The van der Waals surface area contributed by atoms with Gasteiger partial charge in [-0.05, 0) is 52.4 Å². The van der Waals surface area contributed by atoms with Gasteiger partial charge in [-0.2, -0.15) is 0 Å². The zero-order valence-electron chi connectivity index (χ0n) is 9.36. The highest BCUT2D eigenvalue weighted by Gasteiger charge is 2.22. The quantitative estimate of drug-likeness (QED) is 0.904. The summed E-state index contributed by atoms with van der Waals surface area (Å²) >= 11 is 3.14. The third-order valence-electron chi connectivity index (χ3n) is 3.10. The Bertz CT molecular complexity index is 372. The minimum Gasteiger partial charge on any atom is -0.381 e. The molecule has 1 heterocycles. The zero-order valence-corrected chi connectivity index (χ0v) is 11.8. The molecule has 1 saturated heterocycles. The Morgan fingerprint density at radius 2 is 2.00 bits per heavy atom. The van der Waals surface area contributed by atoms with Gasteiger partial charge in [0.2, 0.25) is 0 Å². The molecule has 2 rings (SSSR count). The Kier molecular flexibility index (Phi) is 5.86. The van der Waals surface area contributed by atoms with Crippen molar-refractivity contribution in [2.24, 2.45) is 11.7 Å². The van der Waals surface area contributed by atoms with Gasteiger partial charge in [-0.3, -0.25) is 0 Å². The average Bonchev–Trinajstić information content (AvgIpc) is 2.33. The number of halogens is 3. The normalized spacial score (nSPS) is 18.5. The number of benzene rings is 1. The van der Waals surface area contributed by atoms with E-state index < -0.39 is 0 Å². The van der Waals surface area contributed by atoms with Gasteiger partial charge in [0.15, 0.2) is 0 Å². The highest BCUT2D eigenvalue weighted by Crippen LogP contribution is 2.29. The smallest absolute Gasteiger partial charge is 0.137 e. The zero-order chi connectivity index (χ0) is 11.5. The van der Waals surface area contributed by atoms with E-state index in [1.807, 2.05) is 6.07 Å². The molecule has 0 amide bonds. The summed E-state index contributed by atoms with van der Waals surface area (Å²) in [7, 11) is 0. The number of nitrogens with two attached hydrogens (primary N) is 1. The summed E-state index contributed by atoms with van der Waals surface area (Å²) in [6.07, 6.45) is 1.91. The summed E-state index contributed by atoms with van der Waals surface area (Å²) in [4.78, 5) is 0. The van der Waals surface area contributed by atoms with Crippen LogP contribution >= 0.6 is 28.3 Å². The van der Waals surface area contributed by atoms with E-state index in [4.69, 9.17) is 10.5 Å². The highest BCUT2D eigenvalue weighted by molar-refractivity contribution is 9.10. The van der Waals surface area contributed by atoms with Crippen LogP contribution in [0.15, 0.2) is 22.7 Å². The Balaban J connectivity index is 0.00000144. The van der Waals surface area contributed by atoms with Crippen molar-refractivity contribution in [1.82, 2.24) is 0 Å². The molecular formula is C12H16BrClFNO. The van der Waals surface area contributed by atoms with Crippen LogP contribution in [0.5, 0.6) is 0 Å². The van der Waals surface area contributed by atoms with Crippen LogP contribution in [0.25, 0.3) is 0 Å². The fraction of sp³-hybridized carbons (Fsp3) is 0.500. The second-order valence-corrected chi connectivity index (χ2v) is 5.00. The fourth-order valence-corrected chi connectivity index (χ4v) is 2.31. The third-order valence-corrected chi connectivity index (χ3v) is 3.75. The van der Waals surface area contributed by atoms with E-state index in [-0.39, 0.29) is 24.3 Å². The van der Waals surface area contributed by atoms with E-state index in [0.717, 1.165) is 31.6 Å². The standard InChI is InChI=1S/C12H15BrFNO.ClH/c13-10-2-1-9(7-11(10)14)12(15)8-3-5-16-6-4-8;/h1-2,7-8,12H,3-6,15H2;1H/t12-;/m1./s1. The van der Waals surface area contributed by atoms with Gasteiger partial charge in [-0.25, -0.2) is 4.39 Å². The minimum absolute atomic E-state index is 0. The van der Waals surface area contributed by atoms with Crippen LogP contribution in [0.2, 0.25) is 0 Å². The lowest BCUT2D eigenvalue weighted by Gasteiger charge is -2.27. The predicted octanol–water partition coefficient (Wildman–Crippen LogP) is 3.44. The third kappa shape index (κ3) is 3.65. The van der Waals surface area contributed by atoms with Crippen molar-refractivity contribution < 1.29 is 9.13 Å². The van der Waals surface area contributed by atoms with Gasteiger partial charge >= 0.3 is 0 Å². The lowest BCUT2D eigenvalue weighted by molar-refractivity contribution is 0.0583. The lowest BCUT2D eigenvalue weighted by Crippen LogP contribution is -2.27. The van der Waals surface area contributed by atoms with Crippen molar-refractivity contribution in [3.63, 3.8) is 0 Å². The molecule has 0 bridgehead atoms. The maximum absolute atomic E-state index is 13.4. The van der Waals surface area contributed by atoms with Gasteiger partial charge in [0.05, 0.1) is 4.47 Å². The number of hydrogen-bond donors (Lipinski definition) is 1. The molecule has 0 radical (unpaired) electrons. The van der Waals surface area contributed by atoms with E-state index in [0.29, 0.717) is 10.4 Å². The van der Waals surface area contributed by atoms with Gasteiger partial charge in [0, 0.05) is 19.3 Å². The van der Waals surface area contributed by atoms with E-state index >= 15 is 0 Å². The Morgan fingerprint density at radius 1 is 1.35 bits per heavy atom. The van der Waals surface area contributed by atoms with Gasteiger partial charge < -0.3 is 10.5 Å². The fourth-order valence-electron chi connectivity index (χ4n) is 2.07. The predicted molar refractivity (Wildman–Crippen MR) is 71.8 cm³/mol. The molecule has 1 aliphatic heterocycles. The van der Waals surface area contributed by atoms with Crippen LogP contribution in [0.1, 0.15) is 24.4 Å². The molecule has 0 saturated carbocycles. The van der Waals surface area contributed by atoms with Gasteiger partial charge in [0.25, 0.3) is 0 Å². The topological polar surface area (TPSA) is 35.2 Å². The summed E-state index contributed by atoms with van der Waals surface area (Å²) < 4.78 is 19.2. The molecule has 0 aliphatic carbocycles. The van der Waals surface area contributed by atoms with Crippen molar-refractivity contribution in [3.8, 4) is 0 Å². The summed E-state index contributed by atoms with van der Waals surface area (Å²) in [5.41, 5.74) is 7.02. The molecule has 5 heteroatoms. The number of ether oxygens (including phenoxy) is 1. The van der Waals surface area contributed by atoms with Gasteiger partial charge in [0.1, 0.15) is 5.82 Å². The first-order chi connectivity index (χ1) is 7.68. The lowest BCUT2D eigenvalue weighted by atomic mass is 9.88. The first-order valence-corrected chi connectivity index (χ1v) is 6.26. The first kappa shape index (κ1) is 14.9. The van der Waals surface area contributed by atoms with Gasteiger partial charge in [-0.15, -0.1) is 12.4 Å². The Hall–Kier alpha value is -0.160. The van der Waals surface area contributed by atoms with Gasteiger partial charge in [-0.1, -0.05) is 6.07 Å². The summed E-state index contributed by atoms with van der Waals surface area (Å²) in [6.45, 7) is 1.52. The van der Waals surface area contributed by atoms with E-state index in [9.17, 15) is 4.39 Å². The molecule has 17 heavy (non-hydrogen) atoms. The van der Waals surface area contributed by atoms with Crippen molar-refractivity contribution in [1.29, 1.82) is 0 Å². The van der Waals surface area contributed by atoms with E-state index in [1.165, 1.54) is 6.07 Å². The second-order valence-electron chi connectivity index (χ2n) is 4.15. The summed E-state index contributed by atoms with van der Waals surface area (Å²) in [5, 5.41) is 0. The van der Waals surface area contributed by atoms with Crippen LogP contribution in [-0.4, -0.2) is 13.2 Å². The molecule has 0 aromatic heterocycles. The van der Waals surface area contributed by atoms with Crippen LogP contribution < -0.4 is 5.73 Å². The molecule has 1 aromatic rings. The van der Waals surface area contributed by atoms with Crippen LogP contribution in [-0.2, 0) is 4.74 Å². The highest BCUT2D eigenvalue weighted by atomic mass is 79.9. The first-order valence-electron chi connectivity index (χ1n) is 5.47. The Labute approximate surface area is 115 Å². The summed E-state index contributed by atoms with van der Waals surface area (Å²) in [6, 6.07) is 5.02. The van der Waals surface area contributed by atoms with Crippen molar-refractivity contribution in [2.45, 2.75) is 18.9 Å². The average molecular weight is 325 g/mol. The van der Waals surface area contributed by atoms with Crippen LogP contribution in [0.4, 0.5) is 4.39 Å². The van der Waals surface area contributed by atoms with Crippen LogP contribution in [0, 0.1) is 11.7 Å². The second kappa shape index (κ2) is 6.69. The van der Waals surface area contributed by atoms with E-state index in [1.54, 1.807) is 6.07 Å². The monoisotopic (exact) mass is 323 g/mol. The minimum atomic E-state index is -0.250. The molecule has 1 aromatic carbocycles. The molecule has 0 spiro atoms. The SMILES string of the molecule is Cl.N[C@@H](c1ccc(Br)c(F)c1)C1CCOCC1. The van der Waals surface area contributed by atoms with E-state index in [2.05, 4.69) is 15.9 Å².